The third kappa shape index (κ3) is 8.41. The molecule has 0 bridgehead atoms. The summed E-state index contributed by atoms with van der Waals surface area (Å²) in [5, 5.41) is 24.0. The Hall–Kier alpha value is -2.83. The number of hydrogen-bond donors (Lipinski definition) is 7. The van der Waals surface area contributed by atoms with Gasteiger partial charge >= 0.3 is 5.97 Å². The molecule has 194 valence electrons. The Morgan fingerprint density at radius 2 is 1.74 bits per heavy atom. The average Bonchev–Trinajstić information content (AvgIpc) is 3.33. The number of nitrogens with two attached hydrogens (primary N) is 2. The Morgan fingerprint density at radius 1 is 1.09 bits per heavy atom. The zero-order valence-electron chi connectivity index (χ0n) is 19.6. The second-order valence-electron chi connectivity index (χ2n) is 8.59. The monoisotopic (exact) mass is 509 g/mol. The van der Waals surface area contributed by atoms with Crippen LogP contribution in [0.1, 0.15) is 37.7 Å². The van der Waals surface area contributed by atoms with Crippen LogP contribution in [-0.2, 0) is 25.6 Å². The number of nitrogens with one attached hydrogen (secondary N) is 2. The first-order chi connectivity index (χ1) is 16.7. The molecule has 11 nitrogen and oxygen atoms in total. The number of carbonyl (C=O) groups is 4. The molecule has 35 heavy (non-hydrogen) atoms. The number of likely N-dealkylation sites (tertiary alicyclic amines) is 1. The fourth-order valence-electron chi connectivity index (χ4n) is 3.96. The summed E-state index contributed by atoms with van der Waals surface area (Å²) in [5.41, 5.74) is 12.3. The van der Waals surface area contributed by atoms with Crippen molar-refractivity contribution in [3.8, 4) is 5.75 Å². The number of hydrogen-bond acceptors (Lipinski definition) is 8. The van der Waals surface area contributed by atoms with Crippen LogP contribution in [0, 0.1) is 0 Å². The van der Waals surface area contributed by atoms with Gasteiger partial charge in [-0.1, -0.05) is 12.1 Å². The van der Waals surface area contributed by atoms with Gasteiger partial charge in [0.15, 0.2) is 0 Å². The van der Waals surface area contributed by atoms with Crippen molar-refractivity contribution in [2.24, 2.45) is 11.5 Å². The van der Waals surface area contributed by atoms with E-state index in [0.717, 1.165) is 5.56 Å². The molecule has 0 saturated carbocycles. The van der Waals surface area contributed by atoms with Crippen molar-refractivity contribution < 1.29 is 29.4 Å². The number of carboxylic acids is 1. The van der Waals surface area contributed by atoms with Crippen LogP contribution < -0.4 is 22.1 Å². The highest BCUT2D eigenvalue weighted by atomic mass is 32.1. The lowest BCUT2D eigenvalue weighted by atomic mass is 10.0. The van der Waals surface area contributed by atoms with E-state index in [0.29, 0.717) is 38.8 Å². The number of benzene rings is 1. The van der Waals surface area contributed by atoms with E-state index in [4.69, 9.17) is 11.5 Å². The summed E-state index contributed by atoms with van der Waals surface area (Å²) in [7, 11) is 0. The first-order valence-electron chi connectivity index (χ1n) is 11.7. The van der Waals surface area contributed by atoms with Gasteiger partial charge in [-0.3, -0.25) is 14.4 Å². The molecule has 1 aliphatic rings. The van der Waals surface area contributed by atoms with Crippen molar-refractivity contribution in [3.05, 3.63) is 29.8 Å². The van der Waals surface area contributed by atoms with Crippen LogP contribution in [-0.4, -0.2) is 81.8 Å². The number of thiol groups is 1. The van der Waals surface area contributed by atoms with Gasteiger partial charge in [-0.2, -0.15) is 12.6 Å². The SMILES string of the molecule is NCCCCC(NC(=O)C(CS)NC(=O)C(N)Cc1ccc(O)cc1)C(=O)N1CCCC1C(=O)O. The van der Waals surface area contributed by atoms with Crippen molar-refractivity contribution in [3.63, 3.8) is 0 Å². The molecule has 2 rings (SSSR count). The van der Waals surface area contributed by atoms with Gasteiger partial charge < -0.3 is 37.2 Å². The van der Waals surface area contributed by atoms with Gasteiger partial charge in [0.25, 0.3) is 0 Å². The first-order valence-corrected chi connectivity index (χ1v) is 12.3. The van der Waals surface area contributed by atoms with Crippen LogP contribution in [0.15, 0.2) is 24.3 Å². The molecule has 1 fully saturated rings. The maximum Gasteiger partial charge on any atom is 0.326 e. The fraction of sp³-hybridized carbons (Fsp3) is 0.565. The Morgan fingerprint density at radius 3 is 2.34 bits per heavy atom. The summed E-state index contributed by atoms with van der Waals surface area (Å²) in [6.07, 6.45) is 2.62. The maximum atomic E-state index is 13.1. The van der Waals surface area contributed by atoms with E-state index < -0.39 is 47.9 Å². The third-order valence-corrected chi connectivity index (χ3v) is 6.29. The largest absolute Gasteiger partial charge is 0.508 e. The van der Waals surface area contributed by atoms with Gasteiger partial charge in [0.05, 0.1) is 6.04 Å². The molecule has 12 heteroatoms. The average molecular weight is 510 g/mol. The predicted molar refractivity (Wildman–Crippen MR) is 133 cm³/mol. The lowest BCUT2D eigenvalue weighted by Gasteiger charge is -2.28. The molecule has 8 N–H and O–H groups in total. The summed E-state index contributed by atoms with van der Waals surface area (Å²) >= 11 is 4.16. The van der Waals surface area contributed by atoms with Gasteiger partial charge in [-0.15, -0.1) is 0 Å². The number of carbonyl (C=O) groups excluding carboxylic acids is 3. The van der Waals surface area contributed by atoms with E-state index in [9.17, 15) is 29.4 Å². The molecule has 3 amide bonds. The smallest absolute Gasteiger partial charge is 0.326 e. The predicted octanol–water partition coefficient (Wildman–Crippen LogP) is -0.634. The topological polar surface area (TPSA) is 188 Å². The molecular formula is C23H35N5O6S. The van der Waals surface area contributed by atoms with Crippen LogP contribution >= 0.6 is 12.6 Å². The molecule has 1 aliphatic heterocycles. The van der Waals surface area contributed by atoms with E-state index in [1.165, 1.54) is 17.0 Å². The van der Waals surface area contributed by atoms with Crippen molar-refractivity contribution in [2.75, 3.05) is 18.8 Å². The van der Waals surface area contributed by atoms with Crippen LogP contribution in [0.25, 0.3) is 0 Å². The van der Waals surface area contributed by atoms with Gasteiger partial charge in [0, 0.05) is 12.3 Å². The van der Waals surface area contributed by atoms with Gasteiger partial charge in [-0.25, -0.2) is 4.79 Å². The highest BCUT2D eigenvalue weighted by Gasteiger charge is 2.38. The molecule has 4 atom stereocenters. The molecule has 1 aromatic rings. The molecule has 0 aromatic heterocycles. The van der Waals surface area contributed by atoms with E-state index in [2.05, 4.69) is 23.3 Å². The summed E-state index contributed by atoms with van der Waals surface area (Å²) in [5.74, 6) is -2.65. The molecule has 0 spiro atoms. The third-order valence-electron chi connectivity index (χ3n) is 5.93. The second-order valence-corrected chi connectivity index (χ2v) is 8.96. The minimum absolute atomic E-state index is 0.0331. The number of unbranched alkanes of at least 4 members (excludes halogenated alkanes) is 1. The number of aromatic hydroxyl groups is 1. The molecule has 0 radical (unpaired) electrons. The summed E-state index contributed by atoms with van der Waals surface area (Å²) in [6.45, 7) is 0.725. The second kappa shape index (κ2) is 13.9. The number of nitrogens with zero attached hydrogens (tertiary/aromatic N) is 1. The number of phenols is 1. The molecule has 1 aromatic carbocycles. The zero-order valence-corrected chi connectivity index (χ0v) is 20.5. The number of phenolic OH excluding ortho intramolecular Hbond substituents is 1. The van der Waals surface area contributed by atoms with Crippen molar-refractivity contribution in [1.82, 2.24) is 15.5 Å². The molecule has 4 unspecified atom stereocenters. The van der Waals surface area contributed by atoms with Crippen LogP contribution in [0.3, 0.4) is 0 Å². The van der Waals surface area contributed by atoms with E-state index in [-0.39, 0.29) is 24.3 Å². The van der Waals surface area contributed by atoms with E-state index in [1.54, 1.807) is 12.1 Å². The highest BCUT2D eigenvalue weighted by molar-refractivity contribution is 7.80. The van der Waals surface area contributed by atoms with Crippen LogP contribution in [0.4, 0.5) is 0 Å². The lowest BCUT2D eigenvalue weighted by molar-refractivity contribution is -0.149. The zero-order chi connectivity index (χ0) is 26.0. The molecule has 1 heterocycles. The number of amides is 3. The van der Waals surface area contributed by atoms with E-state index in [1.807, 2.05) is 0 Å². The Kier molecular flexibility index (Phi) is 11.3. The first kappa shape index (κ1) is 28.4. The van der Waals surface area contributed by atoms with E-state index >= 15 is 0 Å². The lowest BCUT2D eigenvalue weighted by Crippen LogP contribution is -2.57. The normalized spacial score (nSPS) is 17.9. The van der Waals surface area contributed by atoms with Gasteiger partial charge in [0.1, 0.15) is 23.9 Å². The fourth-order valence-corrected chi connectivity index (χ4v) is 4.22. The van der Waals surface area contributed by atoms with Gasteiger partial charge in [-0.05, 0) is 62.8 Å². The number of rotatable bonds is 13. The van der Waals surface area contributed by atoms with Crippen LogP contribution in [0.2, 0.25) is 0 Å². The van der Waals surface area contributed by atoms with Crippen LogP contribution in [0.5, 0.6) is 5.75 Å². The molecule has 0 aliphatic carbocycles. The number of aliphatic carboxylic acids is 1. The van der Waals surface area contributed by atoms with Gasteiger partial charge in [0.2, 0.25) is 17.7 Å². The molecular weight excluding hydrogens is 474 g/mol. The summed E-state index contributed by atoms with van der Waals surface area (Å²) in [6, 6.07) is 2.40. The minimum atomic E-state index is -1.08. The highest BCUT2D eigenvalue weighted by Crippen LogP contribution is 2.20. The molecule has 1 saturated heterocycles. The Balaban J connectivity index is 2.03. The maximum absolute atomic E-state index is 13.1. The standard InChI is InChI=1S/C23H35N5O6S/c24-10-2-1-4-17(22(32)28-11-3-5-19(28)23(33)34)26-21(31)18(13-35)27-20(30)16(25)12-14-6-8-15(29)9-7-14/h6-9,16-19,29,35H,1-5,10-13,24-25H2,(H,26,31)(H,27,30)(H,33,34). The minimum Gasteiger partial charge on any atom is -0.508 e. The van der Waals surface area contributed by atoms with Crippen molar-refractivity contribution in [2.45, 2.75) is 62.7 Å². The van der Waals surface area contributed by atoms with Crippen molar-refractivity contribution in [1.29, 1.82) is 0 Å². The van der Waals surface area contributed by atoms with Crippen molar-refractivity contribution >= 4 is 36.3 Å². The Bertz CT molecular complexity index is 884. The summed E-state index contributed by atoms with van der Waals surface area (Å²) in [4.78, 5) is 51.5. The number of carboxylic acid groups (broad SMARTS) is 1. The Labute approximate surface area is 210 Å². The summed E-state index contributed by atoms with van der Waals surface area (Å²) < 4.78 is 0. The quantitative estimate of drug-likeness (QED) is 0.135.